The molecular weight excluding hydrogens is 444 g/mol. The molecular formula is C23H23ClN6OS. The van der Waals surface area contributed by atoms with Crippen molar-refractivity contribution in [3.05, 3.63) is 65.3 Å². The van der Waals surface area contributed by atoms with Gasteiger partial charge in [-0.25, -0.2) is 0 Å². The molecule has 4 aromatic rings. The summed E-state index contributed by atoms with van der Waals surface area (Å²) >= 11 is 7.40. The molecule has 0 bridgehead atoms. The maximum absolute atomic E-state index is 12.4. The predicted molar refractivity (Wildman–Crippen MR) is 129 cm³/mol. The van der Waals surface area contributed by atoms with Gasteiger partial charge in [0.2, 0.25) is 5.91 Å². The third kappa shape index (κ3) is 4.87. The first-order chi connectivity index (χ1) is 15.4. The van der Waals surface area contributed by atoms with E-state index in [9.17, 15) is 4.79 Å². The fourth-order valence-electron chi connectivity index (χ4n) is 3.32. The summed E-state index contributed by atoms with van der Waals surface area (Å²) in [5.74, 6) is 0.865. The second-order valence-electron chi connectivity index (χ2n) is 7.33. The Morgan fingerprint density at radius 1 is 1.09 bits per heavy atom. The Bertz CT molecular complexity index is 1230. The van der Waals surface area contributed by atoms with Crippen LogP contribution in [-0.2, 0) is 18.4 Å². The zero-order valence-electron chi connectivity index (χ0n) is 18.0. The molecule has 0 fully saturated rings. The Morgan fingerprint density at radius 3 is 2.50 bits per heavy atom. The normalized spacial score (nSPS) is 11.0. The van der Waals surface area contributed by atoms with Crippen molar-refractivity contribution < 1.29 is 4.79 Å². The van der Waals surface area contributed by atoms with Crippen LogP contribution in [0.25, 0.3) is 22.6 Å². The first-order valence-corrected chi connectivity index (χ1v) is 11.5. The maximum Gasteiger partial charge on any atom is 0.234 e. The average molecular weight is 467 g/mol. The number of hydrogen-bond donors (Lipinski definition) is 1. The molecule has 2 aromatic heterocycles. The Hall–Kier alpha value is -3.10. The maximum atomic E-state index is 12.4. The second kappa shape index (κ2) is 9.58. The molecule has 2 heterocycles. The van der Waals surface area contributed by atoms with Crippen molar-refractivity contribution >= 4 is 35.0 Å². The van der Waals surface area contributed by atoms with Gasteiger partial charge in [0.1, 0.15) is 5.69 Å². The van der Waals surface area contributed by atoms with Crippen molar-refractivity contribution in [2.24, 2.45) is 7.05 Å². The van der Waals surface area contributed by atoms with E-state index in [0.29, 0.717) is 22.5 Å². The van der Waals surface area contributed by atoms with Crippen LogP contribution in [0.15, 0.2) is 59.9 Å². The number of anilines is 1. The number of nitrogens with one attached hydrogen (secondary N) is 1. The number of aryl methyl sites for hydroxylation is 2. The summed E-state index contributed by atoms with van der Waals surface area (Å²) in [6, 6.07) is 15.3. The summed E-state index contributed by atoms with van der Waals surface area (Å²) in [4.78, 5) is 12.4. The number of carbonyl (C=O) groups is 1. The minimum Gasteiger partial charge on any atom is -0.325 e. The minimum absolute atomic E-state index is 0.0886. The number of carbonyl (C=O) groups excluding carboxylic acids is 1. The number of nitrogens with zero attached hydrogens (tertiary/aromatic N) is 5. The largest absolute Gasteiger partial charge is 0.325 e. The molecule has 0 saturated carbocycles. The molecule has 32 heavy (non-hydrogen) atoms. The van der Waals surface area contributed by atoms with Gasteiger partial charge in [0.15, 0.2) is 11.0 Å². The van der Waals surface area contributed by atoms with Crippen LogP contribution in [0, 0.1) is 6.92 Å². The van der Waals surface area contributed by atoms with Crippen LogP contribution in [0.4, 0.5) is 5.69 Å². The van der Waals surface area contributed by atoms with Crippen molar-refractivity contribution in [2.45, 2.75) is 25.5 Å². The Morgan fingerprint density at radius 2 is 1.81 bits per heavy atom. The summed E-state index contributed by atoms with van der Waals surface area (Å²) in [5, 5.41) is 17.7. The standard InChI is InChI=1S/C23H23ClN6OS/c1-4-30-22(19-13-29(3)28-21(19)16-7-9-17(24)10-8-16)26-27-23(30)32-14-20(31)25-18-11-5-15(2)6-12-18/h5-13H,4,14H2,1-3H3,(H,25,31). The van der Waals surface area contributed by atoms with Gasteiger partial charge < -0.3 is 9.88 Å². The highest BCUT2D eigenvalue weighted by molar-refractivity contribution is 7.99. The zero-order chi connectivity index (χ0) is 22.7. The van der Waals surface area contributed by atoms with E-state index in [-0.39, 0.29) is 11.7 Å². The molecule has 0 saturated heterocycles. The molecule has 7 nitrogen and oxygen atoms in total. The minimum atomic E-state index is -0.0886. The molecule has 1 N–H and O–H groups in total. The molecule has 0 spiro atoms. The summed E-state index contributed by atoms with van der Waals surface area (Å²) in [7, 11) is 1.88. The van der Waals surface area contributed by atoms with Gasteiger partial charge >= 0.3 is 0 Å². The van der Waals surface area contributed by atoms with Crippen molar-refractivity contribution in [1.82, 2.24) is 24.5 Å². The van der Waals surface area contributed by atoms with E-state index in [2.05, 4.69) is 20.6 Å². The first-order valence-electron chi connectivity index (χ1n) is 10.2. The van der Waals surface area contributed by atoms with Gasteiger partial charge in [-0.15, -0.1) is 10.2 Å². The summed E-state index contributed by atoms with van der Waals surface area (Å²) in [6.45, 7) is 4.71. The van der Waals surface area contributed by atoms with Gasteiger partial charge in [0, 0.05) is 36.1 Å². The predicted octanol–water partition coefficient (Wildman–Crippen LogP) is 5.06. The number of amides is 1. The van der Waals surface area contributed by atoms with Crippen LogP contribution in [0.3, 0.4) is 0 Å². The number of benzene rings is 2. The number of thioether (sulfide) groups is 1. The lowest BCUT2D eigenvalue weighted by atomic mass is 10.1. The van der Waals surface area contributed by atoms with Gasteiger partial charge in [0.05, 0.1) is 11.3 Å². The molecule has 0 aliphatic carbocycles. The quantitative estimate of drug-likeness (QED) is 0.385. The topological polar surface area (TPSA) is 77.6 Å². The Kier molecular flexibility index (Phi) is 6.62. The van der Waals surface area contributed by atoms with Gasteiger partial charge in [-0.1, -0.05) is 53.2 Å². The van der Waals surface area contributed by atoms with Gasteiger partial charge in [-0.05, 0) is 38.1 Å². The van der Waals surface area contributed by atoms with Gasteiger partial charge in [0.25, 0.3) is 0 Å². The lowest BCUT2D eigenvalue weighted by Crippen LogP contribution is -2.14. The van der Waals surface area contributed by atoms with Crippen LogP contribution in [0.5, 0.6) is 0 Å². The zero-order valence-corrected chi connectivity index (χ0v) is 19.6. The first kappa shape index (κ1) is 22.1. The second-order valence-corrected chi connectivity index (χ2v) is 8.70. The van der Waals surface area contributed by atoms with Crippen molar-refractivity contribution in [2.75, 3.05) is 11.1 Å². The summed E-state index contributed by atoms with van der Waals surface area (Å²) in [5.41, 5.74) is 4.55. The highest BCUT2D eigenvalue weighted by atomic mass is 35.5. The van der Waals surface area contributed by atoms with Crippen LogP contribution < -0.4 is 5.32 Å². The lowest BCUT2D eigenvalue weighted by Gasteiger charge is -2.08. The van der Waals surface area contributed by atoms with E-state index in [1.165, 1.54) is 11.8 Å². The van der Waals surface area contributed by atoms with E-state index < -0.39 is 0 Å². The van der Waals surface area contributed by atoms with Gasteiger partial charge in [-0.3, -0.25) is 9.48 Å². The molecule has 4 rings (SSSR count). The van der Waals surface area contributed by atoms with E-state index in [4.69, 9.17) is 11.6 Å². The van der Waals surface area contributed by atoms with E-state index in [0.717, 1.165) is 28.1 Å². The lowest BCUT2D eigenvalue weighted by molar-refractivity contribution is -0.113. The fraction of sp³-hybridized carbons (Fsp3) is 0.217. The van der Waals surface area contributed by atoms with Crippen LogP contribution >= 0.6 is 23.4 Å². The van der Waals surface area contributed by atoms with Crippen LogP contribution in [0.1, 0.15) is 12.5 Å². The van der Waals surface area contributed by atoms with E-state index in [1.807, 2.05) is 80.2 Å². The molecule has 2 aromatic carbocycles. The van der Waals surface area contributed by atoms with Crippen molar-refractivity contribution in [1.29, 1.82) is 0 Å². The third-order valence-corrected chi connectivity index (χ3v) is 6.11. The molecule has 0 aliphatic heterocycles. The highest BCUT2D eigenvalue weighted by Gasteiger charge is 2.20. The average Bonchev–Trinajstić information content (AvgIpc) is 3.37. The molecule has 0 atom stereocenters. The summed E-state index contributed by atoms with van der Waals surface area (Å²) < 4.78 is 3.76. The number of halogens is 1. The fourth-order valence-corrected chi connectivity index (χ4v) is 4.25. The number of aromatic nitrogens is 5. The molecule has 164 valence electrons. The Labute approximate surface area is 195 Å². The Balaban J connectivity index is 1.54. The molecule has 9 heteroatoms. The van der Waals surface area contributed by atoms with Crippen LogP contribution in [-0.4, -0.2) is 36.2 Å². The van der Waals surface area contributed by atoms with Gasteiger partial charge in [-0.2, -0.15) is 5.10 Å². The number of rotatable bonds is 7. The smallest absolute Gasteiger partial charge is 0.234 e. The SMILES string of the molecule is CCn1c(SCC(=O)Nc2ccc(C)cc2)nnc1-c1cn(C)nc1-c1ccc(Cl)cc1. The molecule has 0 aliphatic rings. The van der Waals surface area contributed by atoms with Crippen molar-refractivity contribution in [3.8, 4) is 22.6 Å². The monoisotopic (exact) mass is 466 g/mol. The molecule has 1 amide bonds. The van der Waals surface area contributed by atoms with Crippen molar-refractivity contribution in [3.63, 3.8) is 0 Å². The number of hydrogen-bond acceptors (Lipinski definition) is 5. The molecule has 0 unspecified atom stereocenters. The van der Waals surface area contributed by atoms with Crippen LogP contribution in [0.2, 0.25) is 5.02 Å². The molecule has 0 radical (unpaired) electrons. The van der Waals surface area contributed by atoms with E-state index in [1.54, 1.807) is 4.68 Å². The summed E-state index contributed by atoms with van der Waals surface area (Å²) in [6.07, 6.45) is 1.93. The highest BCUT2D eigenvalue weighted by Crippen LogP contribution is 2.32. The third-order valence-electron chi connectivity index (χ3n) is 4.89. The van der Waals surface area contributed by atoms with E-state index >= 15 is 0 Å².